The van der Waals surface area contributed by atoms with Gasteiger partial charge in [-0.15, -0.1) is 0 Å². The minimum atomic E-state index is -3.24. The quantitative estimate of drug-likeness (QED) is 0.476. The van der Waals surface area contributed by atoms with Gasteiger partial charge in [0.25, 0.3) is 0 Å². The number of hydrogen-bond acceptors (Lipinski definition) is 4. The van der Waals surface area contributed by atoms with E-state index in [-0.39, 0.29) is 5.50 Å². The Bertz CT molecular complexity index is 192. The van der Waals surface area contributed by atoms with Crippen LogP contribution in [0.5, 0.6) is 0 Å². The molecule has 78 valence electrons. The first-order valence-electron chi connectivity index (χ1n) is 4.32. The monoisotopic (exact) mass is 208 g/mol. The second-order valence-electron chi connectivity index (χ2n) is 2.16. The SMILES string of the molecule is C=C(OCC)P(=O)(OCC)OCC. The van der Waals surface area contributed by atoms with E-state index in [1.165, 1.54) is 0 Å². The second kappa shape index (κ2) is 6.19. The van der Waals surface area contributed by atoms with E-state index >= 15 is 0 Å². The molecule has 0 saturated heterocycles. The molecule has 4 nitrogen and oxygen atoms in total. The maximum absolute atomic E-state index is 11.8. The van der Waals surface area contributed by atoms with Gasteiger partial charge in [0.2, 0.25) is 5.50 Å². The Kier molecular flexibility index (Phi) is 6.04. The van der Waals surface area contributed by atoms with Crippen LogP contribution in [0.25, 0.3) is 0 Å². The fourth-order valence-electron chi connectivity index (χ4n) is 0.767. The van der Waals surface area contributed by atoms with E-state index in [4.69, 9.17) is 13.8 Å². The minimum absolute atomic E-state index is 0.0821. The van der Waals surface area contributed by atoms with E-state index in [2.05, 4.69) is 6.58 Å². The highest BCUT2D eigenvalue weighted by molar-refractivity contribution is 7.58. The molecule has 0 unspecified atom stereocenters. The summed E-state index contributed by atoms with van der Waals surface area (Å²) in [6, 6.07) is 0. The van der Waals surface area contributed by atoms with Crippen molar-refractivity contribution in [1.29, 1.82) is 0 Å². The van der Waals surface area contributed by atoms with E-state index in [9.17, 15) is 4.57 Å². The van der Waals surface area contributed by atoms with Crippen molar-refractivity contribution in [3.05, 3.63) is 12.1 Å². The van der Waals surface area contributed by atoms with Crippen molar-refractivity contribution >= 4 is 7.60 Å². The molecule has 0 rings (SSSR count). The van der Waals surface area contributed by atoms with Crippen LogP contribution < -0.4 is 0 Å². The van der Waals surface area contributed by atoms with Gasteiger partial charge in [0, 0.05) is 0 Å². The lowest BCUT2D eigenvalue weighted by atomic mass is 10.9. The first-order valence-corrected chi connectivity index (χ1v) is 5.86. The van der Waals surface area contributed by atoms with Crippen molar-refractivity contribution in [3.8, 4) is 0 Å². The maximum Gasteiger partial charge on any atom is 0.394 e. The summed E-state index contributed by atoms with van der Waals surface area (Å²) in [5.74, 6) is 0. The van der Waals surface area contributed by atoms with Crippen molar-refractivity contribution in [2.45, 2.75) is 20.8 Å². The van der Waals surface area contributed by atoms with Gasteiger partial charge >= 0.3 is 7.60 Å². The second-order valence-corrected chi connectivity index (χ2v) is 4.17. The molecular weight excluding hydrogens is 191 g/mol. The normalized spacial score (nSPS) is 11.3. The standard InChI is InChI=1S/C8H17O4P/c1-5-10-8(4)13(9,11-6-2)12-7-3/h4-7H2,1-3H3. The Morgan fingerprint density at radius 2 is 1.62 bits per heavy atom. The third-order valence-corrected chi connectivity index (χ3v) is 3.15. The molecule has 0 bridgehead atoms. The molecule has 0 atom stereocenters. The summed E-state index contributed by atoms with van der Waals surface area (Å²) in [6.07, 6.45) is 0. The van der Waals surface area contributed by atoms with Crippen molar-refractivity contribution in [1.82, 2.24) is 0 Å². The molecule has 0 heterocycles. The van der Waals surface area contributed by atoms with E-state index in [0.717, 1.165) is 0 Å². The molecule has 0 N–H and O–H groups in total. The molecule has 0 radical (unpaired) electrons. The lowest BCUT2D eigenvalue weighted by Gasteiger charge is -2.18. The summed E-state index contributed by atoms with van der Waals surface area (Å²) < 4.78 is 26.8. The van der Waals surface area contributed by atoms with E-state index in [1.54, 1.807) is 20.8 Å². The lowest BCUT2D eigenvalue weighted by Crippen LogP contribution is -2.00. The highest BCUT2D eigenvalue weighted by atomic mass is 31.2. The molecule has 0 aliphatic carbocycles. The van der Waals surface area contributed by atoms with Crippen LogP contribution in [0.3, 0.4) is 0 Å². The van der Waals surface area contributed by atoms with Gasteiger partial charge < -0.3 is 13.8 Å². The van der Waals surface area contributed by atoms with E-state index in [0.29, 0.717) is 19.8 Å². The first-order chi connectivity index (χ1) is 6.10. The van der Waals surface area contributed by atoms with Crippen LogP contribution in [0, 0.1) is 0 Å². The largest absolute Gasteiger partial charge is 0.487 e. The smallest absolute Gasteiger partial charge is 0.394 e. The fraction of sp³-hybridized carbons (Fsp3) is 0.750. The van der Waals surface area contributed by atoms with Gasteiger partial charge in [-0.1, -0.05) is 0 Å². The summed E-state index contributed by atoms with van der Waals surface area (Å²) in [7, 11) is -3.24. The molecule has 0 aromatic carbocycles. The van der Waals surface area contributed by atoms with Crippen molar-refractivity contribution in [2.75, 3.05) is 19.8 Å². The Morgan fingerprint density at radius 3 is 1.92 bits per heavy atom. The summed E-state index contributed by atoms with van der Waals surface area (Å²) >= 11 is 0. The average molecular weight is 208 g/mol. The number of ether oxygens (including phenoxy) is 1. The summed E-state index contributed by atoms with van der Waals surface area (Å²) in [4.78, 5) is 0. The van der Waals surface area contributed by atoms with Gasteiger partial charge in [0.15, 0.2) is 0 Å². The third-order valence-electron chi connectivity index (χ3n) is 1.21. The highest BCUT2D eigenvalue weighted by Gasteiger charge is 2.29. The predicted molar refractivity (Wildman–Crippen MR) is 51.6 cm³/mol. The minimum Gasteiger partial charge on any atom is -0.487 e. The van der Waals surface area contributed by atoms with Gasteiger partial charge in [0.1, 0.15) is 0 Å². The van der Waals surface area contributed by atoms with Crippen LogP contribution in [-0.2, 0) is 18.3 Å². The van der Waals surface area contributed by atoms with Crippen LogP contribution >= 0.6 is 7.60 Å². The van der Waals surface area contributed by atoms with Crippen molar-refractivity contribution in [2.24, 2.45) is 0 Å². The van der Waals surface area contributed by atoms with Gasteiger partial charge in [-0.2, -0.15) is 0 Å². The Hall–Kier alpha value is -0.310. The third kappa shape index (κ3) is 3.94. The summed E-state index contributed by atoms with van der Waals surface area (Å²) in [5, 5.41) is 0. The Morgan fingerprint density at radius 1 is 1.15 bits per heavy atom. The molecule has 0 aliphatic heterocycles. The molecule has 13 heavy (non-hydrogen) atoms. The van der Waals surface area contributed by atoms with Gasteiger partial charge in [-0.05, 0) is 27.4 Å². The molecule has 0 amide bonds. The van der Waals surface area contributed by atoms with E-state index < -0.39 is 7.60 Å². The Balaban J connectivity index is 4.38. The zero-order chi connectivity index (χ0) is 10.3. The predicted octanol–water partition coefficient (Wildman–Crippen LogP) is 2.76. The van der Waals surface area contributed by atoms with E-state index in [1.807, 2.05) is 0 Å². The van der Waals surface area contributed by atoms with Crippen LogP contribution in [0.15, 0.2) is 12.1 Å². The van der Waals surface area contributed by atoms with Gasteiger partial charge in [-0.25, -0.2) is 0 Å². The molecular formula is C8H17O4P. The molecule has 5 heteroatoms. The van der Waals surface area contributed by atoms with Crippen LogP contribution in [0.4, 0.5) is 0 Å². The molecule has 0 aliphatic rings. The maximum atomic E-state index is 11.8. The van der Waals surface area contributed by atoms with Crippen LogP contribution in [0.2, 0.25) is 0 Å². The van der Waals surface area contributed by atoms with Crippen LogP contribution in [-0.4, -0.2) is 19.8 Å². The highest BCUT2D eigenvalue weighted by Crippen LogP contribution is 2.55. The molecule has 0 aromatic heterocycles. The zero-order valence-electron chi connectivity index (χ0n) is 8.41. The lowest BCUT2D eigenvalue weighted by molar-refractivity contribution is 0.184. The summed E-state index contributed by atoms with van der Waals surface area (Å²) in [5.41, 5.74) is 0.0821. The van der Waals surface area contributed by atoms with Gasteiger partial charge in [-0.3, -0.25) is 4.57 Å². The molecule has 0 spiro atoms. The molecule has 0 fully saturated rings. The number of hydrogen-bond donors (Lipinski definition) is 0. The number of rotatable bonds is 7. The van der Waals surface area contributed by atoms with Crippen LogP contribution in [0.1, 0.15) is 20.8 Å². The fourth-order valence-corrected chi connectivity index (χ4v) is 2.10. The topological polar surface area (TPSA) is 44.8 Å². The van der Waals surface area contributed by atoms with Crippen molar-refractivity contribution in [3.63, 3.8) is 0 Å². The average Bonchev–Trinajstić information content (AvgIpc) is 2.05. The Labute approximate surface area is 79.4 Å². The molecule has 0 aromatic rings. The summed E-state index contributed by atoms with van der Waals surface area (Å²) in [6.45, 7) is 9.81. The van der Waals surface area contributed by atoms with Crippen molar-refractivity contribution < 1.29 is 18.3 Å². The van der Waals surface area contributed by atoms with Gasteiger partial charge in [0.05, 0.1) is 19.8 Å². The zero-order valence-corrected chi connectivity index (χ0v) is 9.30. The molecule has 0 saturated carbocycles. The first kappa shape index (κ1) is 12.7.